The highest BCUT2D eigenvalue weighted by molar-refractivity contribution is 6.08. The van der Waals surface area contributed by atoms with E-state index in [2.05, 4.69) is 5.32 Å². The fourth-order valence-corrected chi connectivity index (χ4v) is 4.07. The summed E-state index contributed by atoms with van der Waals surface area (Å²) < 4.78 is 16.5. The van der Waals surface area contributed by atoms with Crippen molar-refractivity contribution in [1.29, 1.82) is 0 Å². The highest BCUT2D eigenvalue weighted by Gasteiger charge is 2.31. The van der Waals surface area contributed by atoms with Gasteiger partial charge in [0.15, 0.2) is 6.04 Å². The maximum Gasteiger partial charge on any atom is 0.410 e. The number of carbonyl (C=O) groups is 2. The van der Waals surface area contributed by atoms with E-state index in [9.17, 15) is 9.59 Å². The number of methoxy groups -OCH3 is 1. The van der Waals surface area contributed by atoms with E-state index in [1.54, 1.807) is 18.9 Å². The average molecular weight is 426 g/mol. The van der Waals surface area contributed by atoms with Gasteiger partial charge in [0.05, 0.1) is 45.6 Å². The molecule has 0 spiro atoms. The minimum atomic E-state index is -0.289. The number of fused-ring (bicyclic) bond motifs is 3. The molecule has 1 aromatic heterocycles. The van der Waals surface area contributed by atoms with Gasteiger partial charge in [-0.15, -0.1) is 0 Å². The molecule has 2 N–H and O–H groups in total. The van der Waals surface area contributed by atoms with E-state index in [1.165, 1.54) is 0 Å². The van der Waals surface area contributed by atoms with Crippen molar-refractivity contribution in [3.05, 3.63) is 36.4 Å². The Morgan fingerprint density at radius 2 is 1.90 bits per heavy atom. The molecule has 0 unspecified atom stereocenters. The van der Waals surface area contributed by atoms with Crippen molar-refractivity contribution in [2.45, 2.75) is 19.9 Å². The molecule has 1 aliphatic heterocycles. The minimum absolute atomic E-state index is 0.103. The van der Waals surface area contributed by atoms with Crippen LogP contribution >= 0.6 is 0 Å². The monoisotopic (exact) mass is 426 g/mol. The Hall–Kier alpha value is -3.26. The van der Waals surface area contributed by atoms with Gasteiger partial charge < -0.3 is 24.1 Å². The molecule has 2 amide bonds. The molecule has 4 rings (SSSR count). The van der Waals surface area contributed by atoms with Crippen molar-refractivity contribution in [2.75, 3.05) is 45.2 Å². The van der Waals surface area contributed by atoms with Crippen LogP contribution in [0.3, 0.4) is 0 Å². The van der Waals surface area contributed by atoms with Crippen LogP contribution in [-0.4, -0.2) is 62.8 Å². The number of furan rings is 1. The van der Waals surface area contributed by atoms with E-state index in [-0.39, 0.29) is 18.0 Å². The van der Waals surface area contributed by atoms with Crippen LogP contribution in [0.5, 0.6) is 5.75 Å². The number of amides is 2. The molecule has 2 aromatic carbocycles. The van der Waals surface area contributed by atoms with Gasteiger partial charge in [0.25, 0.3) is 5.91 Å². The molecule has 0 radical (unpaired) electrons. The van der Waals surface area contributed by atoms with Crippen LogP contribution in [0.2, 0.25) is 0 Å². The van der Waals surface area contributed by atoms with Crippen LogP contribution in [0.15, 0.2) is 40.8 Å². The van der Waals surface area contributed by atoms with Gasteiger partial charge in [-0.1, -0.05) is 18.2 Å². The zero-order valence-electron chi connectivity index (χ0n) is 18.1. The number of nitrogens with one attached hydrogen (secondary N) is 2. The number of benzene rings is 2. The highest BCUT2D eigenvalue weighted by Crippen LogP contribution is 2.36. The van der Waals surface area contributed by atoms with Gasteiger partial charge in [0, 0.05) is 16.8 Å². The van der Waals surface area contributed by atoms with Crippen molar-refractivity contribution in [3.63, 3.8) is 0 Å². The summed E-state index contributed by atoms with van der Waals surface area (Å²) in [6.07, 6.45) is -0.289. The number of para-hydroxylation sites is 1. The Bertz CT molecular complexity index is 1100. The summed E-state index contributed by atoms with van der Waals surface area (Å²) in [5.41, 5.74) is 2.07. The van der Waals surface area contributed by atoms with Gasteiger partial charge >= 0.3 is 6.09 Å². The molecule has 0 bridgehead atoms. The number of piperazine rings is 1. The Morgan fingerprint density at radius 1 is 1.16 bits per heavy atom. The second-order valence-electron chi connectivity index (χ2n) is 7.70. The number of anilines is 1. The smallest absolute Gasteiger partial charge is 0.410 e. The normalized spacial score (nSPS) is 15.8. The molecule has 1 fully saturated rings. The molecular formula is C23H28N3O5+. The number of nitrogens with zero attached hydrogens (tertiary/aromatic N) is 1. The first-order valence-corrected chi connectivity index (χ1v) is 10.6. The molecule has 164 valence electrons. The number of rotatable bonds is 5. The number of quaternary nitrogens is 1. The van der Waals surface area contributed by atoms with Crippen molar-refractivity contribution < 1.29 is 28.4 Å². The number of carbonyl (C=O) groups excluding carboxylic acids is 2. The van der Waals surface area contributed by atoms with Crippen molar-refractivity contribution >= 4 is 39.6 Å². The lowest BCUT2D eigenvalue weighted by molar-refractivity contribution is -0.917. The third-order valence-electron chi connectivity index (χ3n) is 5.89. The zero-order chi connectivity index (χ0) is 22.0. The number of ether oxygens (including phenoxy) is 2. The van der Waals surface area contributed by atoms with E-state index in [4.69, 9.17) is 13.9 Å². The summed E-state index contributed by atoms with van der Waals surface area (Å²) in [6, 6.07) is 11.2. The minimum Gasteiger partial charge on any atom is -0.495 e. The lowest BCUT2D eigenvalue weighted by Crippen LogP contribution is -3.19. The first-order valence-electron chi connectivity index (χ1n) is 10.6. The van der Waals surface area contributed by atoms with Gasteiger partial charge in [-0.25, -0.2) is 4.79 Å². The Kier molecular flexibility index (Phi) is 5.99. The largest absolute Gasteiger partial charge is 0.495 e. The molecule has 31 heavy (non-hydrogen) atoms. The topological polar surface area (TPSA) is 85.5 Å². The SMILES string of the molecule is CCOC(=O)N1CC[NH+]([C@@H](C)C(=O)Nc2cc3oc4ccccc4c3cc2OC)CC1. The first kappa shape index (κ1) is 21.0. The number of hydrogen-bond acceptors (Lipinski definition) is 5. The van der Waals surface area contributed by atoms with E-state index < -0.39 is 0 Å². The highest BCUT2D eigenvalue weighted by atomic mass is 16.6. The van der Waals surface area contributed by atoms with Crippen LogP contribution in [0.4, 0.5) is 10.5 Å². The summed E-state index contributed by atoms with van der Waals surface area (Å²) in [5.74, 6) is 0.482. The Labute approximate surface area is 180 Å². The zero-order valence-corrected chi connectivity index (χ0v) is 18.1. The lowest BCUT2D eigenvalue weighted by atomic mass is 10.1. The van der Waals surface area contributed by atoms with Crippen molar-refractivity contribution in [1.82, 2.24) is 4.90 Å². The molecule has 1 atom stereocenters. The van der Waals surface area contributed by atoms with Crippen molar-refractivity contribution in [2.24, 2.45) is 0 Å². The second kappa shape index (κ2) is 8.85. The van der Waals surface area contributed by atoms with Crippen LogP contribution in [0.25, 0.3) is 21.9 Å². The average Bonchev–Trinajstić information content (AvgIpc) is 3.15. The van der Waals surface area contributed by atoms with Gasteiger partial charge in [-0.3, -0.25) is 9.69 Å². The molecule has 1 saturated heterocycles. The molecule has 3 aromatic rings. The number of hydrogen-bond donors (Lipinski definition) is 2. The van der Waals surface area contributed by atoms with E-state index >= 15 is 0 Å². The summed E-state index contributed by atoms with van der Waals surface area (Å²) in [6.45, 7) is 6.57. The Balaban J connectivity index is 1.47. The lowest BCUT2D eigenvalue weighted by Gasteiger charge is -2.34. The maximum atomic E-state index is 13.0. The van der Waals surface area contributed by atoms with Crippen molar-refractivity contribution in [3.8, 4) is 5.75 Å². The van der Waals surface area contributed by atoms with Crippen LogP contribution < -0.4 is 15.0 Å². The van der Waals surface area contributed by atoms with E-state index in [0.717, 1.165) is 21.3 Å². The fraction of sp³-hybridized carbons (Fsp3) is 0.391. The molecule has 0 aliphatic carbocycles. The molecule has 2 heterocycles. The third-order valence-corrected chi connectivity index (χ3v) is 5.89. The van der Waals surface area contributed by atoms with Crippen LogP contribution in [0, 0.1) is 0 Å². The molecule has 0 saturated carbocycles. The van der Waals surface area contributed by atoms with E-state index in [1.807, 2.05) is 43.3 Å². The molecular weight excluding hydrogens is 398 g/mol. The predicted octanol–water partition coefficient (Wildman–Crippen LogP) is 2.28. The van der Waals surface area contributed by atoms with Gasteiger partial charge in [-0.05, 0) is 26.0 Å². The summed E-state index contributed by atoms with van der Waals surface area (Å²) in [4.78, 5) is 27.7. The quantitative estimate of drug-likeness (QED) is 0.654. The second-order valence-corrected chi connectivity index (χ2v) is 7.70. The summed E-state index contributed by atoms with van der Waals surface area (Å²) in [5, 5.41) is 4.95. The van der Waals surface area contributed by atoms with Gasteiger partial charge in [0.2, 0.25) is 0 Å². The summed E-state index contributed by atoms with van der Waals surface area (Å²) >= 11 is 0. The summed E-state index contributed by atoms with van der Waals surface area (Å²) in [7, 11) is 1.59. The van der Waals surface area contributed by atoms with Gasteiger partial charge in [0.1, 0.15) is 16.9 Å². The van der Waals surface area contributed by atoms with Gasteiger partial charge in [-0.2, -0.15) is 0 Å². The molecule has 1 aliphatic rings. The molecule has 8 heteroatoms. The predicted molar refractivity (Wildman–Crippen MR) is 118 cm³/mol. The van der Waals surface area contributed by atoms with E-state index in [0.29, 0.717) is 49.8 Å². The van der Waals surface area contributed by atoms with Crippen LogP contribution in [-0.2, 0) is 9.53 Å². The third kappa shape index (κ3) is 4.16. The van der Waals surface area contributed by atoms with Crippen LogP contribution in [0.1, 0.15) is 13.8 Å². The fourth-order valence-electron chi connectivity index (χ4n) is 4.07. The standard InChI is InChI=1S/C23H27N3O5/c1-4-30-23(28)26-11-9-25(10-12-26)15(2)22(27)24-18-14-20-17(13-21(18)29-3)16-7-5-6-8-19(16)31-20/h5-8,13-15H,4,9-12H2,1-3H3,(H,24,27)/p+1/t15-/m0/s1. The first-order chi connectivity index (χ1) is 15.0. The molecule has 8 nitrogen and oxygen atoms in total. The maximum absolute atomic E-state index is 13.0. The Morgan fingerprint density at radius 3 is 2.61 bits per heavy atom.